The Kier molecular flexibility index (Phi) is 3.37. The summed E-state index contributed by atoms with van der Waals surface area (Å²) >= 11 is 0. The summed E-state index contributed by atoms with van der Waals surface area (Å²) in [4.78, 5) is 13.6. The SMILES string of the molecule is CC(=O)c1cc(F)cc(CN2CCc3ccccc32)c1O. The third-order valence-electron chi connectivity index (χ3n) is 3.88. The topological polar surface area (TPSA) is 40.5 Å². The Morgan fingerprint density at radius 1 is 1.33 bits per heavy atom. The Hall–Kier alpha value is -2.36. The van der Waals surface area contributed by atoms with Gasteiger partial charge >= 0.3 is 0 Å². The number of phenols is 1. The molecule has 3 nitrogen and oxygen atoms in total. The van der Waals surface area contributed by atoms with Gasteiger partial charge in [-0.3, -0.25) is 4.79 Å². The monoisotopic (exact) mass is 285 g/mol. The van der Waals surface area contributed by atoms with E-state index in [1.807, 2.05) is 18.2 Å². The Balaban J connectivity index is 1.95. The molecule has 108 valence electrons. The van der Waals surface area contributed by atoms with Crippen molar-refractivity contribution >= 4 is 11.5 Å². The Labute approximate surface area is 122 Å². The third-order valence-corrected chi connectivity index (χ3v) is 3.88. The lowest BCUT2D eigenvalue weighted by Gasteiger charge is -2.20. The molecule has 0 unspecified atom stereocenters. The smallest absolute Gasteiger partial charge is 0.163 e. The van der Waals surface area contributed by atoms with E-state index in [4.69, 9.17) is 0 Å². The Bertz CT molecular complexity index is 712. The molecule has 0 bridgehead atoms. The van der Waals surface area contributed by atoms with Crippen LogP contribution in [-0.4, -0.2) is 17.4 Å². The van der Waals surface area contributed by atoms with Gasteiger partial charge in [-0.2, -0.15) is 0 Å². The van der Waals surface area contributed by atoms with Gasteiger partial charge in [-0.05, 0) is 37.1 Å². The van der Waals surface area contributed by atoms with Crippen LogP contribution in [0.15, 0.2) is 36.4 Å². The van der Waals surface area contributed by atoms with Crippen LogP contribution >= 0.6 is 0 Å². The first-order valence-electron chi connectivity index (χ1n) is 6.91. The highest BCUT2D eigenvalue weighted by molar-refractivity contribution is 5.97. The standard InChI is InChI=1S/C17H16FNO2/c1-11(20)15-9-14(18)8-13(17(15)21)10-19-7-6-12-4-2-3-5-16(12)19/h2-5,8-9,21H,6-7,10H2,1H3. The summed E-state index contributed by atoms with van der Waals surface area (Å²) in [6.45, 7) is 2.54. The van der Waals surface area contributed by atoms with E-state index in [9.17, 15) is 14.3 Å². The zero-order valence-electron chi connectivity index (χ0n) is 11.8. The molecule has 1 heterocycles. The molecule has 21 heavy (non-hydrogen) atoms. The van der Waals surface area contributed by atoms with Crippen LogP contribution < -0.4 is 4.90 Å². The van der Waals surface area contributed by atoms with E-state index in [2.05, 4.69) is 11.0 Å². The van der Waals surface area contributed by atoms with Gasteiger partial charge in [0, 0.05) is 24.3 Å². The molecule has 0 atom stereocenters. The van der Waals surface area contributed by atoms with Crippen molar-refractivity contribution in [1.82, 2.24) is 0 Å². The number of para-hydroxylation sites is 1. The number of nitrogens with zero attached hydrogens (tertiary/aromatic N) is 1. The van der Waals surface area contributed by atoms with Crippen LogP contribution in [0, 0.1) is 5.82 Å². The van der Waals surface area contributed by atoms with Gasteiger partial charge in [0.05, 0.1) is 5.56 Å². The number of rotatable bonds is 3. The molecule has 3 rings (SSSR count). The number of carbonyl (C=O) groups excluding carboxylic acids is 1. The van der Waals surface area contributed by atoms with Gasteiger partial charge in [-0.15, -0.1) is 0 Å². The average Bonchev–Trinajstić information content (AvgIpc) is 2.85. The maximum Gasteiger partial charge on any atom is 0.163 e. The third kappa shape index (κ3) is 2.49. The molecule has 0 aliphatic carbocycles. The second kappa shape index (κ2) is 5.20. The summed E-state index contributed by atoms with van der Waals surface area (Å²) in [5, 5.41) is 10.2. The fourth-order valence-corrected chi connectivity index (χ4v) is 2.82. The quantitative estimate of drug-likeness (QED) is 0.880. The second-order valence-corrected chi connectivity index (χ2v) is 5.32. The van der Waals surface area contributed by atoms with E-state index in [0.29, 0.717) is 12.1 Å². The lowest BCUT2D eigenvalue weighted by Crippen LogP contribution is -2.20. The number of benzene rings is 2. The van der Waals surface area contributed by atoms with Crippen molar-refractivity contribution in [1.29, 1.82) is 0 Å². The van der Waals surface area contributed by atoms with Crippen molar-refractivity contribution in [3.05, 3.63) is 58.9 Å². The zero-order chi connectivity index (χ0) is 15.0. The fraction of sp³-hybridized carbons (Fsp3) is 0.235. The lowest BCUT2D eigenvalue weighted by molar-refractivity contribution is 0.101. The number of hydrogen-bond acceptors (Lipinski definition) is 3. The lowest BCUT2D eigenvalue weighted by atomic mass is 10.0. The van der Waals surface area contributed by atoms with Crippen molar-refractivity contribution in [3.63, 3.8) is 0 Å². The molecule has 0 aromatic heterocycles. The number of carbonyl (C=O) groups is 1. The number of anilines is 1. The summed E-state index contributed by atoms with van der Waals surface area (Å²) in [5.41, 5.74) is 2.83. The number of phenolic OH excluding ortho intramolecular Hbond substituents is 1. The number of fused-ring (bicyclic) bond motifs is 1. The number of aromatic hydroxyl groups is 1. The van der Waals surface area contributed by atoms with Gasteiger partial charge in [-0.1, -0.05) is 18.2 Å². The molecule has 1 aliphatic heterocycles. The van der Waals surface area contributed by atoms with Gasteiger partial charge in [-0.25, -0.2) is 4.39 Å². The summed E-state index contributed by atoms with van der Waals surface area (Å²) in [6.07, 6.45) is 0.936. The first kappa shape index (κ1) is 13.6. The summed E-state index contributed by atoms with van der Waals surface area (Å²) in [6, 6.07) is 10.4. The average molecular weight is 285 g/mol. The molecule has 2 aromatic rings. The van der Waals surface area contributed by atoms with Gasteiger partial charge in [0.25, 0.3) is 0 Å². The highest BCUT2D eigenvalue weighted by Crippen LogP contribution is 2.32. The summed E-state index contributed by atoms with van der Waals surface area (Å²) in [5.74, 6) is -0.955. The molecule has 4 heteroatoms. The number of Topliss-reactive ketones (excluding diaryl/α,β-unsaturated/α-hetero) is 1. The van der Waals surface area contributed by atoms with Crippen LogP contribution in [0.25, 0.3) is 0 Å². The van der Waals surface area contributed by atoms with E-state index < -0.39 is 5.82 Å². The number of halogens is 1. The largest absolute Gasteiger partial charge is 0.507 e. The molecule has 2 aromatic carbocycles. The molecule has 0 radical (unpaired) electrons. The summed E-state index contributed by atoms with van der Waals surface area (Å²) in [7, 11) is 0. The number of hydrogen-bond donors (Lipinski definition) is 1. The van der Waals surface area contributed by atoms with Crippen molar-refractivity contribution in [3.8, 4) is 5.75 Å². The minimum Gasteiger partial charge on any atom is -0.507 e. The van der Waals surface area contributed by atoms with Gasteiger partial charge < -0.3 is 10.0 Å². The first-order valence-corrected chi connectivity index (χ1v) is 6.91. The molecule has 0 spiro atoms. The first-order chi connectivity index (χ1) is 10.1. The highest BCUT2D eigenvalue weighted by atomic mass is 19.1. The fourth-order valence-electron chi connectivity index (χ4n) is 2.82. The van der Waals surface area contributed by atoms with Crippen molar-refractivity contribution in [2.45, 2.75) is 19.9 Å². The molecular formula is C17H16FNO2. The van der Waals surface area contributed by atoms with Crippen LogP contribution in [0.4, 0.5) is 10.1 Å². The number of ketones is 1. The molecule has 0 saturated heterocycles. The Morgan fingerprint density at radius 2 is 2.10 bits per heavy atom. The van der Waals surface area contributed by atoms with Crippen LogP contribution in [0.2, 0.25) is 0 Å². The van der Waals surface area contributed by atoms with Crippen LogP contribution in [0.3, 0.4) is 0 Å². The van der Waals surface area contributed by atoms with E-state index in [-0.39, 0.29) is 17.1 Å². The predicted molar refractivity (Wildman–Crippen MR) is 79.3 cm³/mol. The van der Waals surface area contributed by atoms with Crippen LogP contribution in [0.5, 0.6) is 5.75 Å². The molecule has 0 amide bonds. The molecule has 1 N–H and O–H groups in total. The van der Waals surface area contributed by atoms with E-state index >= 15 is 0 Å². The molecular weight excluding hydrogens is 269 g/mol. The Morgan fingerprint density at radius 3 is 2.86 bits per heavy atom. The van der Waals surface area contributed by atoms with Gasteiger partial charge in [0.2, 0.25) is 0 Å². The van der Waals surface area contributed by atoms with Gasteiger partial charge in [0.15, 0.2) is 5.78 Å². The molecule has 0 fully saturated rings. The van der Waals surface area contributed by atoms with E-state index in [1.165, 1.54) is 18.6 Å². The van der Waals surface area contributed by atoms with Crippen molar-refractivity contribution in [2.75, 3.05) is 11.4 Å². The van der Waals surface area contributed by atoms with E-state index in [0.717, 1.165) is 24.7 Å². The maximum absolute atomic E-state index is 13.7. The zero-order valence-corrected chi connectivity index (χ0v) is 11.8. The van der Waals surface area contributed by atoms with Crippen LogP contribution in [-0.2, 0) is 13.0 Å². The highest BCUT2D eigenvalue weighted by Gasteiger charge is 2.21. The van der Waals surface area contributed by atoms with E-state index in [1.54, 1.807) is 0 Å². The van der Waals surface area contributed by atoms with Crippen molar-refractivity contribution in [2.24, 2.45) is 0 Å². The summed E-state index contributed by atoms with van der Waals surface area (Å²) < 4.78 is 13.7. The van der Waals surface area contributed by atoms with Gasteiger partial charge in [0.1, 0.15) is 11.6 Å². The maximum atomic E-state index is 13.7. The normalized spacial score (nSPS) is 13.3. The van der Waals surface area contributed by atoms with Crippen molar-refractivity contribution < 1.29 is 14.3 Å². The minimum atomic E-state index is -0.500. The minimum absolute atomic E-state index is 0.0393. The van der Waals surface area contributed by atoms with Crippen LogP contribution in [0.1, 0.15) is 28.4 Å². The predicted octanol–water partition coefficient (Wildman–Crippen LogP) is 3.30. The second-order valence-electron chi connectivity index (χ2n) is 5.32. The molecule has 0 saturated carbocycles. The molecule has 1 aliphatic rings.